The number of unbranched alkanes of at least 4 members (excludes halogenated alkanes) is 1. The van der Waals surface area contributed by atoms with Crippen LogP contribution in [0.3, 0.4) is 0 Å². The lowest BCUT2D eigenvalue weighted by atomic mass is 10.1. The lowest BCUT2D eigenvalue weighted by Crippen LogP contribution is -2.37. The van der Waals surface area contributed by atoms with Crippen molar-refractivity contribution in [2.75, 3.05) is 26.8 Å². The Labute approximate surface area is 156 Å². The van der Waals surface area contributed by atoms with Crippen LogP contribution in [0, 0.1) is 6.92 Å². The average molecular weight is 358 g/mol. The SMILES string of the molecule is CCCCOCCCNC(=NC)NCc1ncc(-c2ccc(C)cc2)o1. The summed E-state index contributed by atoms with van der Waals surface area (Å²) in [6, 6.07) is 8.20. The minimum Gasteiger partial charge on any atom is -0.439 e. The number of hydrogen-bond donors (Lipinski definition) is 2. The fourth-order valence-electron chi connectivity index (χ4n) is 2.35. The van der Waals surface area contributed by atoms with Crippen molar-refractivity contribution in [2.24, 2.45) is 4.99 Å². The lowest BCUT2D eigenvalue weighted by molar-refractivity contribution is 0.129. The molecule has 1 aromatic heterocycles. The van der Waals surface area contributed by atoms with Gasteiger partial charge in [-0.25, -0.2) is 4.98 Å². The monoisotopic (exact) mass is 358 g/mol. The Hall–Kier alpha value is -2.34. The van der Waals surface area contributed by atoms with Gasteiger partial charge in [0.05, 0.1) is 12.7 Å². The molecule has 0 saturated heterocycles. The van der Waals surface area contributed by atoms with Crippen molar-refractivity contribution in [3.8, 4) is 11.3 Å². The van der Waals surface area contributed by atoms with Crippen molar-refractivity contribution in [1.82, 2.24) is 15.6 Å². The van der Waals surface area contributed by atoms with E-state index in [0.717, 1.165) is 49.9 Å². The van der Waals surface area contributed by atoms with Gasteiger partial charge in [0.15, 0.2) is 11.7 Å². The van der Waals surface area contributed by atoms with Crippen LogP contribution in [0.1, 0.15) is 37.6 Å². The summed E-state index contributed by atoms with van der Waals surface area (Å²) >= 11 is 0. The first-order chi connectivity index (χ1) is 12.7. The fraction of sp³-hybridized carbons (Fsp3) is 0.500. The minimum atomic E-state index is 0.485. The Morgan fingerprint density at radius 2 is 1.92 bits per heavy atom. The summed E-state index contributed by atoms with van der Waals surface area (Å²) in [5, 5.41) is 6.48. The first kappa shape index (κ1) is 20.0. The largest absolute Gasteiger partial charge is 0.439 e. The third-order valence-electron chi connectivity index (χ3n) is 3.92. The van der Waals surface area contributed by atoms with Gasteiger partial charge in [0, 0.05) is 32.4 Å². The van der Waals surface area contributed by atoms with E-state index in [1.165, 1.54) is 12.0 Å². The molecule has 0 fully saturated rings. The summed E-state index contributed by atoms with van der Waals surface area (Å²) in [7, 11) is 1.75. The maximum absolute atomic E-state index is 5.81. The number of nitrogens with one attached hydrogen (secondary N) is 2. The van der Waals surface area contributed by atoms with Gasteiger partial charge in [0.2, 0.25) is 5.89 Å². The van der Waals surface area contributed by atoms with E-state index in [4.69, 9.17) is 9.15 Å². The number of ether oxygens (including phenoxy) is 1. The topological polar surface area (TPSA) is 71.7 Å². The maximum atomic E-state index is 5.81. The first-order valence-electron chi connectivity index (χ1n) is 9.27. The minimum absolute atomic E-state index is 0.485. The molecular weight excluding hydrogens is 328 g/mol. The van der Waals surface area contributed by atoms with E-state index in [0.29, 0.717) is 12.4 Å². The number of rotatable bonds is 10. The van der Waals surface area contributed by atoms with Gasteiger partial charge in [-0.3, -0.25) is 4.99 Å². The molecule has 1 aromatic carbocycles. The molecule has 0 spiro atoms. The summed E-state index contributed by atoms with van der Waals surface area (Å²) < 4.78 is 11.4. The van der Waals surface area contributed by atoms with Crippen molar-refractivity contribution in [3.05, 3.63) is 41.9 Å². The van der Waals surface area contributed by atoms with Gasteiger partial charge in [0.25, 0.3) is 0 Å². The molecule has 6 heteroatoms. The summed E-state index contributed by atoms with van der Waals surface area (Å²) in [6.45, 7) is 7.14. The van der Waals surface area contributed by atoms with E-state index in [1.807, 2.05) is 12.1 Å². The first-order valence-corrected chi connectivity index (χ1v) is 9.27. The molecule has 0 bridgehead atoms. The van der Waals surface area contributed by atoms with E-state index >= 15 is 0 Å². The molecule has 1 heterocycles. The standard InChI is InChI=1S/C20H30N4O2/c1-4-5-12-25-13-6-11-22-20(21-3)24-15-19-23-14-18(26-19)17-9-7-16(2)8-10-17/h7-10,14H,4-6,11-13,15H2,1-3H3,(H2,21,22,24). The average Bonchev–Trinajstić information content (AvgIpc) is 3.13. The zero-order chi connectivity index (χ0) is 18.6. The normalized spacial score (nSPS) is 11.6. The molecule has 0 aliphatic rings. The van der Waals surface area contributed by atoms with Gasteiger partial charge < -0.3 is 19.8 Å². The highest BCUT2D eigenvalue weighted by molar-refractivity contribution is 5.79. The van der Waals surface area contributed by atoms with Gasteiger partial charge in [0.1, 0.15) is 0 Å². The van der Waals surface area contributed by atoms with Crippen LogP contribution in [0.15, 0.2) is 39.9 Å². The third kappa shape index (κ3) is 6.88. The fourth-order valence-corrected chi connectivity index (χ4v) is 2.35. The van der Waals surface area contributed by atoms with Gasteiger partial charge in [-0.1, -0.05) is 43.2 Å². The number of aliphatic imine (C=N–C) groups is 1. The predicted octanol–water partition coefficient (Wildman–Crippen LogP) is 3.52. The van der Waals surface area contributed by atoms with E-state index in [9.17, 15) is 0 Å². The van der Waals surface area contributed by atoms with Crippen molar-refractivity contribution in [3.63, 3.8) is 0 Å². The quantitative estimate of drug-likeness (QED) is 0.386. The number of hydrogen-bond acceptors (Lipinski definition) is 4. The zero-order valence-corrected chi connectivity index (χ0v) is 16.0. The Kier molecular flexibility index (Phi) is 8.69. The molecule has 142 valence electrons. The zero-order valence-electron chi connectivity index (χ0n) is 16.0. The molecule has 0 atom stereocenters. The molecule has 6 nitrogen and oxygen atoms in total. The van der Waals surface area contributed by atoms with Gasteiger partial charge in [-0.05, 0) is 19.8 Å². The van der Waals surface area contributed by atoms with Crippen LogP contribution in [0.2, 0.25) is 0 Å². The Bertz CT molecular complexity index is 665. The second-order valence-corrected chi connectivity index (χ2v) is 6.16. The van der Waals surface area contributed by atoms with Crippen molar-refractivity contribution < 1.29 is 9.15 Å². The molecule has 0 aliphatic carbocycles. The van der Waals surface area contributed by atoms with Gasteiger partial charge in [-0.15, -0.1) is 0 Å². The number of aryl methyl sites for hydroxylation is 1. The van der Waals surface area contributed by atoms with E-state index in [1.54, 1.807) is 13.2 Å². The highest BCUT2D eigenvalue weighted by atomic mass is 16.5. The van der Waals surface area contributed by atoms with Gasteiger partial charge in [-0.2, -0.15) is 0 Å². The summed E-state index contributed by atoms with van der Waals surface area (Å²) in [4.78, 5) is 8.54. The number of nitrogens with zero attached hydrogens (tertiary/aromatic N) is 2. The Morgan fingerprint density at radius 3 is 2.65 bits per heavy atom. The van der Waals surface area contributed by atoms with Crippen LogP contribution in [0.4, 0.5) is 0 Å². The number of benzene rings is 1. The third-order valence-corrected chi connectivity index (χ3v) is 3.92. The van der Waals surface area contributed by atoms with E-state index in [-0.39, 0.29) is 0 Å². The van der Waals surface area contributed by atoms with Crippen molar-refractivity contribution in [2.45, 2.75) is 39.7 Å². The molecule has 26 heavy (non-hydrogen) atoms. The molecular formula is C20H30N4O2. The van der Waals surface area contributed by atoms with Crippen LogP contribution in [-0.4, -0.2) is 37.7 Å². The number of guanidine groups is 1. The summed E-state index contributed by atoms with van der Waals surface area (Å²) in [5.41, 5.74) is 2.25. The van der Waals surface area contributed by atoms with Gasteiger partial charge >= 0.3 is 0 Å². The molecule has 2 rings (SSSR count). The van der Waals surface area contributed by atoms with Crippen LogP contribution in [-0.2, 0) is 11.3 Å². The maximum Gasteiger partial charge on any atom is 0.214 e. The molecule has 0 radical (unpaired) electrons. The summed E-state index contributed by atoms with van der Waals surface area (Å²) in [5.74, 6) is 2.13. The highest BCUT2D eigenvalue weighted by Gasteiger charge is 2.07. The molecule has 2 aromatic rings. The van der Waals surface area contributed by atoms with Crippen molar-refractivity contribution in [1.29, 1.82) is 0 Å². The lowest BCUT2D eigenvalue weighted by Gasteiger charge is -2.10. The van der Waals surface area contributed by atoms with Crippen LogP contribution < -0.4 is 10.6 Å². The van der Waals surface area contributed by atoms with Crippen LogP contribution in [0.25, 0.3) is 11.3 Å². The second kappa shape index (κ2) is 11.3. The van der Waals surface area contributed by atoms with E-state index in [2.05, 4.69) is 46.6 Å². The van der Waals surface area contributed by atoms with Crippen LogP contribution >= 0.6 is 0 Å². The molecule has 0 saturated carbocycles. The molecule has 0 amide bonds. The molecule has 0 unspecified atom stereocenters. The Morgan fingerprint density at radius 1 is 1.15 bits per heavy atom. The smallest absolute Gasteiger partial charge is 0.214 e. The highest BCUT2D eigenvalue weighted by Crippen LogP contribution is 2.20. The predicted molar refractivity (Wildman–Crippen MR) is 105 cm³/mol. The van der Waals surface area contributed by atoms with E-state index < -0.39 is 0 Å². The van der Waals surface area contributed by atoms with Crippen LogP contribution in [0.5, 0.6) is 0 Å². The number of oxazole rings is 1. The molecule has 2 N–H and O–H groups in total. The second-order valence-electron chi connectivity index (χ2n) is 6.16. The molecule has 0 aliphatic heterocycles. The summed E-state index contributed by atoms with van der Waals surface area (Å²) in [6.07, 6.45) is 4.99. The number of aromatic nitrogens is 1. The Balaban J connectivity index is 1.71. The van der Waals surface area contributed by atoms with Crippen molar-refractivity contribution >= 4 is 5.96 Å².